The number of hydrogen-bond donors (Lipinski definition) is 2. The lowest BCUT2D eigenvalue weighted by molar-refractivity contribution is 0.491. The molecule has 13 heavy (non-hydrogen) atoms. The molecule has 72 valence electrons. The topological polar surface area (TPSA) is 53.1 Å². The molecule has 0 amide bonds. The SMILES string of the molecule is CNc1ncnc(NN(C)C)c1C. The van der Waals surface area contributed by atoms with Crippen molar-refractivity contribution < 1.29 is 0 Å². The van der Waals surface area contributed by atoms with E-state index in [1.807, 2.05) is 33.1 Å². The first kappa shape index (κ1) is 9.73. The normalized spacial score (nSPS) is 10.2. The molecule has 0 bridgehead atoms. The summed E-state index contributed by atoms with van der Waals surface area (Å²) >= 11 is 0. The molecule has 0 aliphatic rings. The van der Waals surface area contributed by atoms with E-state index < -0.39 is 0 Å². The molecular formula is C8H15N5. The van der Waals surface area contributed by atoms with Crippen molar-refractivity contribution in [2.45, 2.75) is 6.92 Å². The molecule has 0 saturated heterocycles. The zero-order chi connectivity index (χ0) is 9.84. The maximum atomic E-state index is 4.12. The molecule has 5 heteroatoms. The zero-order valence-electron chi connectivity index (χ0n) is 8.42. The van der Waals surface area contributed by atoms with Gasteiger partial charge in [0.15, 0.2) is 0 Å². The van der Waals surface area contributed by atoms with Crippen LogP contribution in [0.5, 0.6) is 0 Å². The highest BCUT2D eigenvalue weighted by Gasteiger charge is 2.04. The smallest absolute Gasteiger partial charge is 0.148 e. The molecule has 0 spiro atoms. The zero-order valence-corrected chi connectivity index (χ0v) is 8.42. The largest absolute Gasteiger partial charge is 0.373 e. The van der Waals surface area contributed by atoms with Gasteiger partial charge in [0, 0.05) is 26.7 Å². The average Bonchev–Trinajstić information content (AvgIpc) is 2.08. The van der Waals surface area contributed by atoms with E-state index in [4.69, 9.17) is 0 Å². The summed E-state index contributed by atoms with van der Waals surface area (Å²) in [6, 6.07) is 0. The van der Waals surface area contributed by atoms with Crippen molar-refractivity contribution in [1.29, 1.82) is 0 Å². The van der Waals surface area contributed by atoms with Gasteiger partial charge in [0.2, 0.25) is 0 Å². The predicted molar refractivity (Wildman–Crippen MR) is 53.6 cm³/mol. The minimum absolute atomic E-state index is 0.823. The van der Waals surface area contributed by atoms with Crippen LogP contribution in [0.15, 0.2) is 6.33 Å². The number of anilines is 2. The number of rotatable bonds is 3. The summed E-state index contributed by atoms with van der Waals surface area (Å²) in [7, 11) is 5.68. The highest BCUT2D eigenvalue weighted by molar-refractivity contribution is 5.55. The van der Waals surface area contributed by atoms with Gasteiger partial charge in [0.25, 0.3) is 0 Å². The molecule has 2 N–H and O–H groups in total. The van der Waals surface area contributed by atoms with Gasteiger partial charge >= 0.3 is 0 Å². The second-order valence-corrected chi connectivity index (χ2v) is 2.95. The molecule has 0 unspecified atom stereocenters. The summed E-state index contributed by atoms with van der Waals surface area (Å²) in [6.07, 6.45) is 1.53. The third-order valence-corrected chi connectivity index (χ3v) is 1.65. The fraction of sp³-hybridized carbons (Fsp3) is 0.500. The molecule has 1 rings (SSSR count). The maximum Gasteiger partial charge on any atom is 0.148 e. The predicted octanol–water partition coefficient (Wildman–Crippen LogP) is 0.715. The van der Waals surface area contributed by atoms with Crippen molar-refractivity contribution in [3.63, 3.8) is 0 Å². The van der Waals surface area contributed by atoms with E-state index in [2.05, 4.69) is 20.7 Å². The Bertz CT molecular complexity index is 284. The summed E-state index contributed by atoms with van der Waals surface area (Å²) in [5, 5.41) is 4.84. The van der Waals surface area contributed by atoms with E-state index in [0.717, 1.165) is 17.2 Å². The van der Waals surface area contributed by atoms with Gasteiger partial charge in [-0.25, -0.2) is 15.0 Å². The van der Waals surface area contributed by atoms with Gasteiger partial charge < -0.3 is 10.7 Å². The van der Waals surface area contributed by atoms with Crippen LogP contribution in [0.1, 0.15) is 5.56 Å². The van der Waals surface area contributed by atoms with Crippen LogP contribution in [0.4, 0.5) is 11.6 Å². The highest BCUT2D eigenvalue weighted by Crippen LogP contribution is 2.16. The van der Waals surface area contributed by atoms with Gasteiger partial charge in [-0.3, -0.25) is 0 Å². The third-order valence-electron chi connectivity index (χ3n) is 1.65. The third kappa shape index (κ3) is 2.29. The van der Waals surface area contributed by atoms with Crippen LogP contribution < -0.4 is 10.7 Å². The highest BCUT2D eigenvalue weighted by atomic mass is 15.5. The van der Waals surface area contributed by atoms with Gasteiger partial charge in [-0.1, -0.05) is 0 Å². The quantitative estimate of drug-likeness (QED) is 0.673. The first-order valence-corrected chi connectivity index (χ1v) is 4.08. The lowest BCUT2D eigenvalue weighted by Crippen LogP contribution is -2.21. The Kier molecular flexibility index (Phi) is 3.02. The summed E-state index contributed by atoms with van der Waals surface area (Å²) < 4.78 is 0. The van der Waals surface area contributed by atoms with Crippen LogP contribution in [-0.2, 0) is 0 Å². The van der Waals surface area contributed by atoms with Gasteiger partial charge in [0.1, 0.15) is 18.0 Å². The Morgan fingerprint density at radius 1 is 1.23 bits per heavy atom. The van der Waals surface area contributed by atoms with Crippen LogP contribution in [0.25, 0.3) is 0 Å². The molecule has 0 saturated carbocycles. The molecule has 1 aromatic heterocycles. The molecular weight excluding hydrogens is 166 g/mol. The van der Waals surface area contributed by atoms with Crippen molar-refractivity contribution in [2.75, 3.05) is 31.9 Å². The Morgan fingerprint density at radius 3 is 2.38 bits per heavy atom. The Labute approximate surface area is 78.2 Å². The molecule has 0 atom stereocenters. The van der Waals surface area contributed by atoms with E-state index in [1.165, 1.54) is 6.33 Å². The summed E-state index contributed by atoms with van der Waals surface area (Å²) in [5.41, 5.74) is 4.10. The summed E-state index contributed by atoms with van der Waals surface area (Å²) in [5.74, 6) is 1.67. The van der Waals surface area contributed by atoms with E-state index >= 15 is 0 Å². The number of hydrazine groups is 1. The first-order chi connectivity index (χ1) is 6.15. The van der Waals surface area contributed by atoms with Gasteiger partial charge in [-0.05, 0) is 6.92 Å². The average molecular weight is 181 g/mol. The minimum Gasteiger partial charge on any atom is -0.373 e. The molecule has 0 aliphatic carbocycles. The van der Waals surface area contributed by atoms with Crippen molar-refractivity contribution in [3.05, 3.63) is 11.9 Å². The lowest BCUT2D eigenvalue weighted by Gasteiger charge is -2.15. The van der Waals surface area contributed by atoms with Crippen molar-refractivity contribution in [1.82, 2.24) is 15.0 Å². The molecule has 5 nitrogen and oxygen atoms in total. The number of nitrogens with one attached hydrogen (secondary N) is 2. The number of aromatic nitrogens is 2. The van der Waals surface area contributed by atoms with Crippen molar-refractivity contribution >= 4 is 11.6 Å². The fourth-order valence-electron chi connectivity index (χ4n) is 1.03. The molecule has 0 aromatic carbocycles. The van der Waals surface area contributed by atoms with Crippen molar-refractivity contribution in [2.24, 2.45) is 0 Å². The van der Waals surface area contributed by atoms with Gasteiger partial charge in [-0.15, -0.1) is 0 Å². The van der Waals surface area contributed by atoms with Gasteiger partial charge in [0.05, 0.1) is 0 Å². The van der Waals surface area contributed by atoms with E-state index in [9.17, 15) is 0 Å². The van der Waals surface area contributed by atoms with Crippen LogP contribution >= 0.6 is 0 Å². The second kappa shape index (κ2) is 4.04. The van der Waals surface area contributed by atoms with E-state index in [-0.39, 0.29) is 0 Å². The van der Waals surface area contributed by atoms with Crippen molar-refractivity contribution in [3.8, 4) is 0 Å². The Morgan fingerprint density at radius 2 is 1.85 bits per heavy atom. The fourth-order valence-corrected chi connectivity index (χ4v) is 1.03. The molecule has 0 aliphatic heterocycles. The van der Waals surface area contributed by atoms with Crippen LogP contribution in [0.2, 0.25) is 0 Å². The van der Waals surface area contributed by atoms with Crippen LogP contribution in [0, 0.1) is 6.92 Å². The standard InChI is InChI=1S/C8H15N5/c1-6-7(9-2)10-5-11-8(6)12-13(3)4/h5H,1-4H3,(H2,9,10,11,12). The van der Waals surface area contributed by atoms with E-state index in [0.29, 0.717) is 0 Å². The molecule has 0 radical (unpaired) electrons. The number of nitrogens with zero attached hydrogens (tertiary/aromatic N) is 3. The lowest BCUT2D eigenvalue weighted by atomic mass is 10.3. The van der Waals surface area contributed by atoms with Crippen LogP contribution in [0.3, 0.4) is 0 Å². The van der Waals surface area contributed by atoms with E-state index in [1.54, 1.807) is 0 Å². The number of hydrogen-bond acceptors (Lipinski definition) is 5. The van der Waals surface area contributed by atoms with Crippen LogP contribution in [-0.4, -0.2) is 36.1 Å². The molecule has 1 aromatic rings. The molecule has 0 fully saturated rings. The summed E-state index contributed by atoms with van der Waals surface area (Å²) in [6.45, 7) is 1.97. The second-order valence-electron chi connectivity index (χ2n) is 2.95. The first-order valence-electron chi connectivity index (χ1n) is 4.08. The Hall–Kier alpha value is -1.36. The monoisotopic (exact) mass is 181 g/mol. The minimum atomic E-state index is 0.823. The molecule has 1 heterocycles. The Balaban J connectivity index is 2.94. The van der Waals surface area contributed by atoms with Gasteiger partial charge in [-0.2, -0.15) is 0 Å². The maximum absolute atomic E-state index is 4.12. The summed E-state index contributed by atoms with van der Waals surface area (Å²) in [4.78, 5) is 8.21.